The first-order valence-corrected chi connectivity index (χ1v) is 9.09. The van der Waals surface area contributed by atoms with Crippen molar-refractivity contribution < 1.29 is 19.0 Å². The number of ether oxygens (including phenoxy) is 2. The van der Waals surface area contributed by atoms with Crippen molar-refractivity contribution in [1.29, 1.82) is 0 Å². The molecule has 0 spiro atoms. The molecule has 0 bridgehead atoms. The molecule has 1 aliphatic heterocycles. The van der Waals surface area contributed by atoms with E-state index in [-0.39, 0.29) is 6.54 Å². The molecule has 2 rings (SSSR count). The summed E-state index contributed by atoms with van der Waals surface area (Å²) in [5, 5.41) is 13.4. The molecular formula is C18H31N3O4. The molecule has 7 nitrogen and oxygen atoms in total. The van der Waals surface area contributed by atoms with E-state index in [4.69, 9.17) is 13.9 Å². The van der Waals surface area contributed by atoms with Crippen LogP contribution in [0.5, 0.6) is 0 Å². The number of guanidine groups is 1. The molecule has 142 valence electrons. The number of methoxy groups -OCH3 is 1. The fraction of sp³-hybridized carbons (Fsp3) is 0.722. The summed E-state index contributed by atoms with van der Waals surface area (Å²) in [6, 6.07) is 3.53. The third kappa shape index (κ3) is 6.68. The molecule has 1 atom stereocenters. The minimum absolute atomic E-state index is 0.281. The predicted molar refractivity (Wildman–Crippen MR) is 96.7 cm³/mol. The van der Waals surface area contributed by atoms with Gasteiger partial charge in [0, 0.05) is 40.0 Å². The number of nitrogens with one attached hydrogen (secondary N) is 1. The van der Waals surface area contributed by atoms with Crippen LogP contribution in [0.3, 0.4) is 0 Å². The Balaban J connectivity index is 1.79. The molecule has 2 N–H and O–H groups in total. The van der Waals surface area contributed by atoms with Crippen LogP contribution in [0.25, 0.3) is 0 Å². The van der Waals surface area contributed by atoms with Crippen LogP contribution in [0.2, 0.25) is 0 Å². The van der Waals surface area contributed by atoms with Crippen LogP contribution in [0.1, 0.15) is 38.1 Å². The van der Waals surface area contributed by atoms with Crippen molar-refractivity contribution in [2.45, 2.75) is 38.4 Å². The molecule has 1 aromatic heterocycles. The van der Waals surface area contributed by atoms with Gasteiger partial charge in [0.2, 0.25) is 0 Å². The average molecular weight is 353 g/mol. The summed E-state index contributed by atoms with van der Waals surface area (Å²) in [6.45, 7) is 6.42. The Labute approximate surface area is 150 Å². The molecule has 25 heavy (non-hydrogen) atoms. The number of aliphatic hydroxyl groups excluding tert-OH is 1. The maximum atomic E-state index is 10.1. The molecule has 1 aliphatic rings. The van der Waals surface area contributed by atoms with Crippen LogP contribution in [0.4, 0.5) is 0 Å². The number of nitrogens with zero attached hydrogens (tertiary/aromatic N) is 2. The lowest BCUT2D eigenvalue weighted by Gasteiger charge is -2.34. The number of furan rings is 1. The standard InChI is InChI=1S/C18H31N3O4/c1-3-19-18(20-14-16(22)17-6-4-12-25-17)21-9-7-15(8-10-21)24-13-5-11-23-2/h4,6,12,15-16,22H,3,5,7-11,13-14H2,1-2H3,(H,19,20). The first kappa shape index (κ1) is 19.8. The zero-order valence-corrected chi connectivity index (χ0v) is 15.3. The van der Waals surface area contributed by atoms with Crippen molar-refractivity contribution in [2.75, 3.05) is 46.5 Å². The topological polar surface area (TPSA) is 79.5 Å². The van der Waals surface area contributed by atoms with Crippen LogP contribution < -0.4 is 5.32 Å². The minimum Gasteiger partial charge on any atom is -0.467 e. The number of rotatable bonds is 9. The van der Waals surface area contributed by atoms with Gasteiger partial charge >= 0.3 is 0 Å². The monoisotopic (exact) mass is 353 g/mol. The highest BCUT2D eigenvalue weighted by Crippen LogP contribution is 2.16. The summed E-state index contributed by atoms with van der Waals surface area (Å²) in [5.74, 6) is 1.38. The molecule has 1 aromatic rings. The number of hydrogen-bond acceptors (Lipinski definition) is 5. The van der Waals surface area contributed by atoms with Gasteiger partial charge in [-0.25, -0.2) is 4.99 Å². The van der Waals surface area contributed by atoms with Crippen molar-refractivity contribution in [3.63, 3.8) is 0 Å². The van der Waals surface area contributed by atoms with Gasteiger partial charge in [-0.05, 0) is 38.3 Å². The Morgan fingerprint density at radius 2 is 2.24 bits per heavy atom. The normalized spacial score (nSPS) is 17.7. The second kappa shape index (κ2) is 11.1. The van der Waals surface area contributed by atoms with Gasteiger partial charge in [-0.3, -0.25) is 0 Å². The van der Waals surface area contributed by atoms with E-state index in [1.807, 2.05) is 6.92 Å². The molecule has 1 unspecified atom stereocenters. The summed E-state index contributed by atoms with van der Waals surface area (Å²) >= 11 is 0. The Hall–Kier alpha value is -1.57. The number of likely N-dealkylation sites (tertiary alicyclic amines) is 1. The minimum atomic E-state index is -0.717. The van der Waals surface area contributed by atoms with Gasteiger partial charge in [0.1, 0.15) is 11.9 Å². The van der Waals surface area contributed by atoms with Gasteiger partial charge in [0.05, 0.1) is 18.9 Å². The second-order valence-corrected chi connectivity index (χ2v) is 6.13. The molecular weight excluding hydrogens is 322 g/mol. The Morgan fingerprint density at radius 3 is 2.88 bits per heavy atom. The summed E-state index contributed by atoms with van der Waals surface area (Å²) in [4.78, 5) is 6.80. The largest absolute Gasteiger partial charge is 0.467 e. The number of piperidine rings is 1. The summed E-state index contributed by atoms with van der Waals surface area (Å²) in [6.07, 6.45) is 4.06. The SMILES string of the molecule is CCNC(=NCC(O)c1ccco1)N1CCC(OCCCOC)CC1. The van der Waals surface area contributed by atoms with Crippen molar-refractivity contribution in [1.82, 2.24) is 10.2 Å². The van der Waals surface area contributed by atoms with E-state index in [1.165, 1.54) is 0 Å². The first-order chi connectivity index (χ1) is 12.2. The summed E-state index contributed by atoms with van der Waals surface area (Å²) in [5.41, 5.74) is 0. The summed E-state index contributed by atoms with van der Waals surface area (Å²) in [7, 11) is 1.71. The highest BCUT2D eigenvalue weighted by molar-refractivity contribution is 5.80. The maximum absolute atomic E-state index is 10.1. The third-order valence-corrected chi connectivity index (χ3v) is 4.21. The van der Waals surface area contributed by atoms with Crippen LogP contribution in [0.15, 0.2) is 27.8 Å². The van der Waals surface area contributed by atoms with Gasteiger partial charge in [-0.2, -0.15) is 0 Å². The lowest BCUT2D eigenvalue weighted by atomic mass is 10.1. The van der Waals surface area contributed by atoms with Gasteiger partial charge < -0.3 is 29.2 Å². The van der Waals surface area contributed by atoms with E-state index in [1.54, 1.807) is 25.5 Å². The first-order valence-electron chi connectivity index (χ1n) is 9.09. The molecule has 1 fully saturated rings. The Kier molecular flexibility index (Phi) is 8.79. The van der Waals surface area contributed by atoms with E-state index in [2.05, 4.69) is 15.2 Å². The molecule has 1 saturated heterocycles. The predicted octanol–water partition coefficient (Wildman–Crippen LogP) is 1.80. The fourth-order valence-corrected chi connectivity index (χ4v) is 2.86. The smallest absolute Gasteiger partial charge is 0.194 e. The Morgan fingerprint density at radius 1 is 1.44 bits per heavy atom. The number of hydrogen-bond donors (Lipinski definition) is 2. The average Bonchev–Trinajstić information content (AvgIpc) is 3.17. The molecule has 0 amide bonds. The van der Waals surface area contributed by atoms with Gasteiger partial charge in [-0.1, -0.05) is 0 Å². The molecule has 7 heteroatoms. The lowest BCUT2D eigenvalue weighted by Crippen LogP contribution is -2.47. The van der Waals surface area contributed by atoms with Crippen LogP contribution in [-0.2, 0) is 9.47 Å². The van der Waals surface area contributed by atoms with Crippen LogP contribution in [-0.4, -0.2) is 68.6 Å². The third-order valence-electron chi connectivity index (χ3n) is 4.21. The van der Waals surface area contributed by atoms with Crippen molar-refractivity contribution in [3.05, 3.63) is 24.2 Å². The van der Waals surface area contributed by atoms with Gasteiger partial charge in [0.25, 0.3) is 0 Å². The summed E-state index contributed by atoms with van der Waals surface area (Å²) < 4.78 is 16.2. The molecule has 0 aliphatic carbocycles. The van der Waals surface area contributed by atoms with E-state index < -0.39 is 6.10 Å². The molecule has 0 aromatic carbocycles. The maximum Gasteiger partial charge on any atom is 0.194 e. The number of aliphatic hydroxyl groups is 1. The van der Waals surface area contributed by atoms with Crippen molar-refractivity contribution >= 4 is 5.96 Å². The van der Waals surface area contributed by atoms with E-state index >= 15 is 0 Å². The van der Waals surface area contributed by atoms with Crippen molar-refractivity contribution in [2.24, 2.45) is 4.99 Å². The fourth-order valence-electron chi connectivity index (χ4n) is 2.86. The zero-order valence-electron chi connectivity index (χ0n) is 15.3. The van der Waals surface area contributed by atoms with Crippen molar-refractivity contribution in [3.8, 4) is 0 Å². The van der Waals surface area contributed by atoms with E-state index in [0.717, 1.165) is 58.1 Å². The van der Waals surface area contributed by atoms with Crippen LogP contribution >= 0.6 is 0 Å². The van der Waals surface area contributed by atoms with E-state index in [9.17, 15) is 5.11 Å². The molecule has 0 radical (unpaired) electrons. The molecule has 0 saturated carbocycles. The van der Waals surface area contributed by atoms with Gasteiger partial charge in [-0.15, -0.1) is 0 Å². The van der Waals surface area contributed by atoms with Gasteiger partial charge in [0.15, 0.2) is 5.96 Å². The Bertz CT molecular complexity index is 485. The quantitative estimate of drug-likeness (QED) is 0.400. The van der Waals surface area contributed by atoms with E-state index in [0.29, 0.717) is 11.9 Å². The number of aliphatic imine (C=N–C) groups is 1. The van der Waals surface area contributed by atoms with Crippen LogP contribution in [0, 0.1) is 0 Å². The molecule has 2 heterocycles. The highest BCUT2D eigenvalue weighted by Gasteiger charge is 2.22. The highest BCUT2D eigenvalue weighted by atomic mass is 16.5. The second-order valence-electron chi connectivity index (χ2n) is 6.13. The zero-order chi connectivity index (χ0) is 17.9. The lowest BCUT2D eigenvalue weighted by molar-refractivity contribution is 0.00986.